The molecule has 0 saturated carbocycles. The van der Waals surface area contributed by atoms with Crippen LogP contribution in [0.1, 0.15) is 35.2 Å². The molecule has 0 spiro atoms. The molecule has 0 bridgehead atoms. The van der Waals surface area contributed by atoms with Crippen LogP contribution in [0.2, 0.25) is 0 Å². The molecule has 6 nitrogen and oxygen atoms in total. The summed E-state index contributed by atoms with van der Waals surface area (Å²) in [5.41, 5.74) is 1.95. The predicted molar refractivity (Wildman–Crippen MR) is 88.1 cm³/mol. The first kappa shape index (κ1) is 14.7. The van der Waals surface area contributed by atoms with Crippen molar-refractivity contribution in [3.05, 3.63) is 57.6 Å². The molecule has 1 amide bonds. The maximum absolute atomic E-state index is 12.4. The van der Waals surface area contributed by atoms with Crippen molar-refractivity contribution in [1.29, 1.82) is 0 Å². The summed E-state index contributed by atoms with van der Waals surface area (Å²) in [6.07, 6.45) is 2.73. The van der Waals surface area contributed by atoms with Crippen molar-refractivity contribution in [2.75, 3.05) is 5.32 Å². The second-order valence-electron chi connectivity index (χ2n) is 6.21. The van der Waals surface area contributed by atoms with Gasteiger partial charge in [0.2, 0.25) is 5.88 Å². The van der Waals surface area contributed by atoms with Crippen LogP contribution in [0.25, 0.3) is 11.0 Å². The standard InChI is InChI=1S/C18H16N2O4/c1-10-6-7-13-12(8-10)18(24-20-13)19-17(22)16-9-14(21)11-4-2-3-5-15(11)23-16/h2-5,9-10H,6-8H2,1H3,(H,19,22). The summed E-state index contributed by atoms with van der Waals surface area (Å²) < 4.78 is 10.8. The van der Waals surface area contributed by atoms with E-state index in [1.165, 1.54) is 6.07 Å². The van der Waals surface area contributed by atoms with Crippen molar-refractivity contribution < 1.29 is 13.7 Å². The highest BCUT2D eigenvalue weighted by atomic mass is 16.5. The van der Waals surface area contributed by atoms with E-state index in [0.29, 0.717) is 22.8 Å². The van der Waals surface area contributed by atoms with Crippen molar-refractivity contribution in [3.8, 4) is 0 Å². The predicted octanol–water partition coefficient (Wildman–Crippen LogP) is 3.16. The van der Waals surface area contributed by atoms with Gasteiger partial charge in [-0.05, 0) is 37.3 Å². The van der Waals surface area contributed by atoms with Crippen LogP contribution in [0, 0.1) is 5.92 Å². The number of anilines is 1. The number of fused-ring (bicyclic) bond motifs is 2. The molecule has 122 valence electrons. The third-order valence-corrected chi connectivity index (χ3v) is 4.38. The van der Waals surface area contributed by atoms with Gasteiger partial charge < -0.3 is 8.94 Å². The lowest BCUT2D eigenvalue weighted by Crippen LogP contribution is -2.17. The van der Waals surface area contributed by atoms with Gasteiger partial charge in [-0.1, -0.05) is 24.2 Å². The van der Waals surface area contributed by atoms with Gasteiger partial charge >= 0.3 is 0 Å². The van der Waals surface area contributed by atoms with E-state index in [1.54, 1.807) is 24.3 Å². The molecule has 24 heavy (non-hydrogen) atoms. The molecule has 4 rings (SSSR count). The van der Waals surface area contributed by atoms with Crippen molar-refractivity contribution in [2.45, 2.75) is 26.2 Å². The number of amides is 1. The summed E-state index contributed by atoms with van der Waals surface area (Å²) in [6, 6.07) is 8.02. The lowest BCUT2D eigenvalue weighted by molar-refractivity contribution is 0.0994. The monoisotopic (exact) mass is 324 g/mol. The maximum Gasteiger partial charge on any atom is 0.293 e. The van der Waals surface area contributed by atoms with Gasteiger partial charge in [0, 0.05) is 11.6 Å². The summed E-state index contributed by atoms with van der Waals surface area (Å²) in [4.78, 5) is 24.6. The van der Waals surface area contributed by atoms with Crippen LogP contribution in [0.5, 0.6) is 0 Å². The van der Waals surface area contributed by atoms with Crippen LogP contribution >= 0.6 is 0 Å². The smallest absolute Gasteiger partial charge is 0.293 e. The van der Waals surface area contributed by atoms with Gasteiger partial charge in [-0.25, -0.2) is 0 Å². The van der Waals surface area contributed by atoms with Gasteiger partial charge in [0.05, 0.1) is 11.1 Å². The number of hydrogen-bond acceptors (Lipinski definition) is 5. The number of para-hydroxylation sites is 1. The van der Waals surface area contributed by atoms with E-state index in [-0.39, 0.29) is 11.2 Å². The Hall–Kier alpha value is -2.89. The number of rotatable bonds is 2. The molecular weight excluding hydrogens is 308 g/mol. The topological polar surface area (TPSA) is 85.3 Å². The van der Waals surface area contributed by atoms with Crippen LogP contribution in [0.3, 0.4) is 0 Å². The Balaban J connectivity index is 1.66. The Kier molecular flexibility index (Phi) is 3.45. The average molecular weight is 324 g/mol. The molecule has 2 aromatic heterocycles. The first-order valence-corrected chi connectivity index (χ1v) is 7.93. The fourth-order valence-electron chi connectivity index (χ4n) is 3.06. The van der Waals surface area contributed by atoms with E-state index in [4.69, 9.17) is 8.94 Å². The summed E-state index contributed by atoms with van der Waals surface area (Å²) in [6.45, 7) is 2.16. The molecule has 6 heteroatoms. The molecule has 0 radical (unpaired) electrons. The molecule has 2 heterocycles. The van der Waals surface area contributed by atoms with Gasteiger partial charge in [-0.3, -0.25) is 14.9 Å². The minimum atomic E-state index is -0.518. The minimum absolute atomic E-state index is 0.0484. The third kappa shape index (κ3) is 2.50. The average Bonchev–Trinajstić information content (AvgIpc) is 2.97. The Bertz CT molecular complexity index is 986. The maximum atomic E-state index is 12.4. The minimum Gasteiger partial charge on any atom is -0.451 e. The largest absolute Gasteiger partial charge is 0.451 e. The summed E-state index contributed by atoms with van der Waals surface area (Å²) >= 11 is 0. The fourth-order valence-corrected chi connectivity index (χ4v) is 3.06. The number of hydrogen-bond donors (Lipinski definition) is 1. The Morgan fingerprint density at radius 3 is 3.04 bits per heavy atom. The summed E-state index contributed by atoms with van der Waals surface area (Å²) in [7, 11) is 0. The van der Waals surface area contributed by atoms with Gasteiger partial charge in [0.15, 0.2) is 11.2 Å². The Labute approximate surface area is 137 Å². The number of carbonyl (C=O) groups excluding carboxylic acids is 1. The van der Waals surface area contributed by atoms with Gasteiger partial charge in [-0.2, -0.15) is 0 Å². The molecule has 0 aliphatic heterocycles. The lowest BCUT2D eigenvalue weighted by Gasteiger charge is -2.16. The normalized spacial score (nSPS) is 16.8. The third-order valence-electron chi connectivity index (χ3n) is 4.38. The molecule has 1 aromatic carbocycles. The van der Waals surface area contributed by atoms with Crippen LogP contribution in [0.4, 0.5) is 5.88 Å². The van der Waals surface area contributed by atoms with E-state index in [0.717, 1.165) is 30.5 Å². The lowest BCUT2D eigenvalue weighted by atomic mass is 9.89. The molecule has 3 aromatic rings. The second kappa shape index (κ2) is 5.63. The van der Waals surface area contributed by atoms with Crippen LogP contribution in [-0.4, -0.2) is 11.1 Å². The molecule has 1 aliphatic rings. The van der Waals surface area contributed by atoms with E-state index in [2.05, 4.69) is 17.4 Å². The van der Waals surface area contributed by atoms with Gasteiger partial charge in [0.1, 0.15) is 5.58 Å². The van der Waals surface area contributed by atoms with Crippen molar-refractivity contribution >= 4 is 22.8 Å². The van der Waals surface area contributed by atoms with Crippen molar-refractivity contribution in [1.82, 2.24) is 5.16 Å². The molecular formula is C18H16N2O4. The zero-order valence-electron chi connectivity index (χ0n) is 13.2. The molecule has 0 saturated heterocycles. The van der Waals surface area contributed by atoms with Crippen molar-refractivity contribution in [2.24, 2.45) is 5.92 Å². The van der Waals surface area contributed by atoms with Gasteiger partial charge in [0.25, 0.3) is 5.91 Å². The zero-order chi connectivity index (χ0) is 16.7. The molecule has 1 aliphatic carbocycles. The summed E-state index contributed by atoms with van der Waals surface area (Å²) in [5, 5.41) is 7.15. The number of aromatic nitrogens is 1. The number of aryl methyl sites for hydroxylation is 1. The fraction of sp³-hybridized carbons (Fsp3) is 0.278. The number of carbonyl (C=O) groups is 1. The summed E-state index contributed by atoms with van der Waals surface area (Å²) in [5.74, 6) is 0.297. The Morgan fingerprint density at radius 2 is 2.17 bits per heavy atom. The molecule has 0 fully saturated rings. The Morgan fingerprint density at radius 1 is 1.33 bits per heavy atom. The van der Waals surface area contributed by atoms with Crippen LogP contribution < -0.4 is 10.7 Å². The van der Waals surface area contributed by atoms with E-state index >= 15 is 0 Å². The quantitative estimate of drug-likeness (QED) is 0.782. The second-order valence-corrected chi connectivity index (χ2v) is 6.21. The molecule has 1 N–H and O–H groups in total. The number of nitrogens with one attached hydrogen (secondary N) is 1. The number of benzene rings is 1. The van der Waals surface area contributed by atoms with Crippen LogP contribution in [-0.2, 0) is 12.8 Å². The number of nitrogens with zero attached hydrogens (tertiary/aromatic N) is 1. The van der Waals surface area contributed by atoms with E-state index in [1.807, 2.05) is 0 Å². The van der Waals surface area contributed by atoms with Crippen LogP contribution in [0.15, 0.2) is 44.1 Å². The van der Waals surface area contributed by atoms with Gasteiger partial charge in [-0.15, -0.1) is 0 Å². The van der Waals surface area contributed by atoms with E-state index < -0.39 is 5.91 Å². The highest BCUT2D eigenvalue weighted by Crippen LogP contribution is 2.30. The molecule has 1 unspecified atom stereocenters. The SMILES string of the molecule is CC1CCc2noc(NC(=O)c3cc(=O)c4ccccc4o3)c2C1. The first-order valence-electron chi connectivity index (χ1n) is 7.93. The zero-order valence-corrected chi connectivity index (χ0v) is 13.2. The molecule has 1 atom stereocenters. The highest BCUT2D eigenvalue weighted by Gasteiger charge is 2.25. The highest BCUT2D eigenvalue weighted by molar-refractivity contribution is 6.02. The van der Waals surface area contributed by atoms with Crippen molar-refractivity contribution in [3.63, 3.8) is 0 Å². The first-order chi connectivity index (χ1) is 11.6. The van der Waals surface area contributed by atoms with E-state index in [9.17, 15) is 9.59 Å².